The molecule has 1 unspecified atom stereocenters. The Morgan fingerprint density at radius 2 is 1.61 bits per heavy atom. The number of unbranched alkanes of at least 4 members (excludes halogenated alkanes) is 5. The fourth-order valence-corrected chi connectivity index (χ4v) is 3.31. The summed E-state index contributed by atoms with van der Waals surface area (Å²) in [4.78, 5) is 45.8. The zero-order valence-electron chi connectivity index (χ0n) is 10.4. The highest BCUT2D eigenvalue weighted by molar-refractivity contribution is 8.00. The van der Waals surface area contributed by atoms with Crippen LogP contribution in [0.15, 0.2) is 0 Å². The molecule has 0 aliphatic heterocycles. The Hall–Kier alpha value is 0.130. The van der Waals surface area contributed by atoms with Crippen molar-refractivity contribution in [2.75, 3.05) is 6.61 Å². The van der Waals surface area contributed by atoms with Gasteiger partial charge in [-0.2, -0.15) is 14.7 Å². The van der Waals surface area contributed by atoms with Crippen LogP contribution < -0.4 is 0 Å². The van der Waals surface area contributed by atoms with E-state index < -0.39 is 20.8 Å². The largest absolute Gasteiger partial charge is 0.492 e. The number of hydrogen-bond acceptors (Lipinski definition) is 6. The highest BCUT2D eigenvalue weighted by Crippen LogP contribution is 2.62. The van der Waals surface area contributed by atoms with E-state index in [1.807, 2.05) is 0 Å². The number of carbonyl (C=O) groups is 1. The minimum absolute atomic E-state index is 0.133. The van der Waals surface area contributed by atoms with E-state index in [9.17, 15) is 9.36 Å². The molecular weight excluding hydrogens is 282 g/mol. The van der Waals surface area contributed by atoms with Crippen molar-refractivity contribution in [3.63, 3.8) is 0 Å². The van der Waals surface area contributed by atoms with Crippen LogP contribution in [-0.2, 0) is 9.09 Å². The second kappa shape index (κ2) is 8.33. The van der Waals surface area contributed by atoms with E-state index in [0.29, 0.717) is 6.42 Å². The normalized spacial score (nSPS) is 15.4. The quantitative estimate of drug-likeness (QED) is 0.361. The Balaban J connectivity index is 3.85. The lowest BCUT2D eigenvalue weighted by Gasteiger charge is -2.09. The molecule has 0 aromatic rings. The molecule has 0 bridgehead atoms. The Kier molecular flexibility index (Phi) is 8.39. The van der Waals surface area contributed by atoms with Gasteiger partial charge in [0, 0.05) is 0 Å². The summed E-state index contributed by atoms with van der Waals surface area (Å²) in [5.41, 5.74) is 0. The second-order valence-corrected chi connectivity index (χ2v) is 7.57. The van der Waals surface area contributed by atoms with Gasteiger partial charge in [0.25, 0.3) is 0 Å². The maximum atomic E-state index is 11.2. The van der Waals surface area contributed by atoms with E-state index in [2.05, 4.69) is 11.4 Å². The minimum Gasteiger partial charge on any atom is -0.316 e. The lowest BCUT2D eigenvalue weighted by atomic mass is 10.1. The monoisotopic (exact) mass is 303 g/mol. The Labute approximate surface area is 107 Å². The average molecular weight is 303 g/mol. The van der Waals surface area contributed by atoms with Crippen LogP contribution >= 0.6 is 15.5 Å². The summed E-state index contributed by atoms with van der Waals surface area (Å²) in [6.45, 7) is 1.95. The molecule has 0 aromatic heterocycles. The Bertz CT molecular complexity index is 300. The summed E-state index contributed by atoms with van der Waals surface area (Å²) < 4.78 is 15.7. The third-order valence-corrected chi connectivity index (χ3v) is 5.36. The molecule has 108 valence electrons. The van der Waals surface area contributed by atoms with Gasteiger partial charge in [-0.1, -0.05) is 39.0 Å². The second-order valence-electron chi connectivity index (χ2n) is 3.97. The van der Waals surface area contributed by atoms with Crippen LogP contribution in [0.3, 0.4) is 0 Å². The van der Waals surface area contributed by atoms with Crippen LogP contribution in [0.1, 0.15) is 45.4 Å². The summed E-state index contributed by atoms with van der Waals surface area (Å²) in [5.74, 6) is 0. The van der Waals surface area contributed by atoms with Crippen LogP contribution in [0, 0.1) is 0 Å². The van der Waals surface area contributed by atoms with Gasteiger partial charge in [0.05, 0.1) is 6.61 Å². The Morgan fingerprint density at radius 3 is 2.11 bits per heavy atom. The summed E-state index contributed by atoms with van der Waals surface area (Å²) in [7, 11) is -9.78. The van der Waals surface area contributed by atoms with Gasteiger partial charge in [-0.15, -0.1) is 0 Å². The first-order valence-corrected chi connectivity index (χ1v) is 9.04. The molecule has 0 fully saturated rings. The summed E-state index contributed by atoms with van der Waals surface area (Å²) in [6, 6.07) is 0. The third kappa shape index (κ3) is 7.54. The average Bonchev–Trinajstić information content (AvgIpc) is 2.25. The fraction of sp³-hybridized carbons (Fsp3) is 0.889. The first kappa shape index (κ1) is 18.1. The van der Waals surface area contributed by atoms with Crippen LogP contribution in [0.25, 0.3) is 0 Å². The fourth-order valence-electron chi connectivity index (χ4n) is 1.30. The lowest BCUT2D eigenvalue weighted by Crippen LogP contribution is -2.07. The molecule has 0 saturated carbocycles. The standard InChI is InChI=1S/C9H20O7P2/c1-2-3-4-5-6-7-8-16-18(14,15)9(10)17(11,12)13/h11-13H,2-8H2,1H3/p+1. The molecule has 0 aromatic carbocycles. The topological polar surface area (TPSA) is 124 Å². The predicted octanol–water partition coefficient (Wildman–Crippen LogP) is 2.41. The minimum atomic E-state index is -4.98. The van der Waals surface area contributed by atoms with E-state index in [1.165, 1.54) is 0 Å². The molecule has 7 nitrogen and oxygen atoms in total. The van der Waals surface area contributed by atoms with Crippen molar-refractivity contribution in [3.8, 4) is 0 Å². The van der Waals surface area contributed by atoms with Gasteiger partial charge in [0.2, 0.25) is 0 Å². The summed E-state index contributed by atoms with van der Waals surface area (Å²) in [5, 5.41) is -1.93. The van der Waals surface area contributed by atoms with E-state index >= 15 is 0 Å². The first-order valence-electron chi connectivity index (χ1n) is 5.81. The zero-order chi connectivity index (χ0) is 14.2. The molecule has 0 aliphatic carbocycles. The highest BCUT2D eigenvalue weighted by Gasteiger charge is 2.56. The van der Waals surface area contributed by atoms with Gasteiger partial charge >= 0.3 is 20.8 Å². The summed E-state index contributed by atoms with van der Waals surface area (Å²) in [6.07, 6.45) is 5.58. The molecular formula is C9H21O7P2+. The van der Waals surface area contributed by atoms with Crippen molar-refractivity contribution in [1.29, 1.82) is 0 Å². The van der Waals surface area contributed by atoms with Gasteiger partial charge in [0.1, 0.15) is 0 Å². The van der Waals surface area contributed by atoms with Crippen molar-refractivity contribution in [1.82, 2.24) is 0 Å². The molecule has 9 heteroatoms. The Morgan fingerprint density at radius 1 is 1.11 bits per heavy atom. The molecule has 1 atom stereocenters. The zero-order valence-corrected chi connectivity index (χ0v) is 12.1. The third-order valence-electron chi connectivity index (χ3n) is 2.26. The maximum Gasteiger partial charge on any atom is 0.492 e. The molecule has 0 aliphatic rings. The van der Waals surface area contributed by atoms with Crippen LogP contribution in [0.4, 0.5) is 4.79 Å². The van der Waals surface area contributed by atoms with Crippen LogP contribution in [0.5, 0.6) is 0 Å². The molecule has 0 rings (SSSR count). The molecule has 4 N–H and O–H groups in total. The van der Waals surface area contributed by atoms with Crippen molar-refractivity contribution < 1.29 is 33.5 Å². The van der Waals surface area contributed by atoms with Crippen molar-refractivity contribution >= 4 is 20.8 Å². The molecule has 0 radical (unpaired) electrons. The molecule has 0 spiro atoms. The van der Waals surface area contributed by atoms with Gasteiger partial charge in [-0.25, -0.2) is 9.36 Å². The van der Waals surface area contributed by atoms with E-state index in [1.54, 1.807) is 0 Å². The molecule has 18 heavy (non-hydrogen) atoms. The SMILES string of the molecule is CCCCCCCCOP(=O)(O)C(=O)[P+](O)(O)O. The summed E-state index contributed by atoms with van der Waals surface area (Å²) >= 11 is 0. The highest BCUT2D eigenvalue weighted by atomic mass is 31.3. The van der Waals surface area contributed by atoms with E-state index in [-0.39, 0.29) is 6.61 Å². The molecule has 0 heterocycles. The van der Waals surface area contributed by atoms with Crippen molar-refractivity contribution in [3.05, 3.63) is 0 Å². The van der Waals surface area contributed by atoms with Crippen molar-refractivity contribution in [2.45, 2.75) is 45.4 Å². The van der Waals surface area contributed by atoms with Gasteiger partial charge in [-0.05, 0) is 6.42 Å². The van der Waals surface area contributed by atoms with Crippen molar-refractivity contribution in [2.24, 2.45) is 0 Å². The van der Waals surface area contributed by atoms with Gasteiger partial charge < -0.3 is 9.42 Å². The number of hydrogen-bond donors (Lipinski definition) is 4. The molecule has 0 saturated heterocycles. The van der Waals surface area contributed by atoms with Crippen LogP contribution in [0.2, 0.25) is 0 Å². The van der Waals surface area contributed by atoms with E-state index in [0.717, 1.165) is 32.1 Å². The number of carbonyl (C=O) groups excluding carboxylic acids is 1. The van der Waals surface area contributed by atoms with Gasteiger partial charge in [0.15, 0.2) is 0 Å². The first-order chi connectivity index (χ1) is 8.22. The number of rotatable bonds is 10. The van der Waals surface area contributed by atoms with Crippen LogP contribution in [-0.4, -0.2) is 31.4 Å². The predicted molar refractivity (Wildman–Crippen MR) is 68.1 cm³/mol. The maximum absolute atomic E-state index is 11.2. The lowest BCUT2D eigenvalue weighted by molar-refractivity contribution is 0.229. The van der Waals surface area contributed by atoms with E-state index in [4.69, 9.17) is 19.6 Å². The van der Waals surface area contributed by atoms with Gasteiger partial charge in [-0.3, -0.25) is 0 Å². The smallest absolute Gasteiger partial charge is 0.316 e. The molecule has 0 amide bonds.